The highest BCUT2D eigenvalue weighted by Gasteiger charge is 2.38. The molecule has 2 heterocycles. The first-order valence-corrected chi connectivity index (χ1v) is 8.40. The molecule has 1 aliphatic rings. The molecule has 1 amide bonds. The van der Waals surface area contributed by atoms with Gasteiger partial charge in [0, 0.05) is 12.7 Å². The van der Waals surface area contributed by atoms with E-state index in [9.17, 15) is 22.4 Å². The lowest BCUT2D eigenvalue weighted by Crippen LogP contribution is -2.28. The maximum Gasteiger partial charge on any atom is 0.421 e. The van der Waals surface area contributed by atoms with E-state index in [2.05, 4.69) is 31.2 Å². The number of amides is 1. The number of hydrogen-bond donors (Lipinski definition) is 1. The van der Waals surface area contributed by atoms with E-state index >= 15 is 0 Å². The summed E-state index contributed by atoms with van der Waals surface area (Å²) in [6.07, 6.45) is -4.01. The van der Waals surface area contributed by atoms with E-state index < -0.39 is 30.1 Å². The van der Waals surface area contributed by atoms with Crippen LogP contribution in [0.25, 0.3) is 0 Å². The summed E-state index contributed by atoms with van der Waals surface area (Å²) in [5.41, 5.74) is -0.0411. The monoisotopic (exact) mass is 432 g/mol. The summed E-state index contributed by atoms with van der Waals surface area (Å²) in [5, 5.41) is 2.59. The van der Waals surface area contributed by atoms with Gasteiger partial charge < -0.3 is 10.2 Å². The van der Waals surface area contributed by atoms with E-state index in [1.165, 1.54) is 11.0 Å². The number of benzene rings is 1. The molecule has 10 heteroatoms. The summed E-state index contributed by atoms with van der Waals surface area (Å²) in [6, 6.07) is 4.43. The molecular formula is C16H13BrF4N4O. The van der Waals surface area contributed by atoms with Gasteiger partial charge in [0.1, 0.15) is 18.1 Å². The van der Waals surface area contributed by atoms with Crippen molar-refractivity contribution in [3.05, 3.63) is 45.8 Å². The lowest BCUT2D eigenvalue weighted by Gasteiger charge is -2.20. The highest BCUT2D eigenvalue weighted by molar-refractivity contribution is 9.10. The van der Waals surface area contributed by atoms with E-state index in [-0.39, 0.29) is 28.6 Å². The summed E-state index contributed by atoms with van der Waals surface area (Å²) >= 11 is 2.94. The van der Waals surface area contributed by atoms with Gasteiger partial charge in [-0.2, -0.15) is 13.2 Å². The molecule has 1 N–H and O–H groups in total. The van der Waals surface area contributed by atoms with Crippen LogP contribution in [-0.4, -0.2) is 34.0 Å². The molecule has 1 atom stereocenters. The van der Waals surface area contributed by atoms with Gasteiger partial charge in [-0.1, -0.05) is 12.1 Å². The van der Waals surface area contributed by atoms with Crippen molar-refractivity contribution in [3.8, 4) is 0 Å². The molecule has 26 heavy (non-hydrogen) atoms. The van der Waals surface area contributed by atoms with Crippen LogP contribution < -0.4 is 5.32 Å². The average molecular weight is 433 g/mol. The van der Waals surface area contributed by atoms with Crippen molar-refractivity contribution in [1.82, 2.24) is 14.9 Å². The van der Waals surface area contributed by atoms with E-state index in [1.54, 1.807) is 19.1 Å². The molecule has 1 aromatic carbocycles. The number of halogens is 5. The molecule has 5 nitrogen and oxygen atoms in total. The molecule has 1 unspecified atom stereocenters. The minimum atomic E-state index is -4.67. The summed E-state index contributed by atoms with van der Waals surface area (Å²) in [7, 11) is 0. The fourth-order valence-electron chi connectivity index (χ4n) is 2.93. The smallest absolute Gasteiger partial charge is 0.339 e. The topological polar surface area (TPSA) is 58.1 Å². The van der Waals surface area contributed by atoms with Gasteiger partial charge in [-0.25, -0.2) is 14.4 Å². The number of nitrogens with zero attached hydrogens (tertiary/aromatic N) is 3. The molecular weight excluding hydrogens is 420 g/mol. The Balaban J connectivity index is 2.05. The normalized spacial score (nSPS) is 16.8. The average Bonchev–Trinajstić information content (AvgIpc) is 2.80. The lowest BCUT2D eigenvalue weighted by molar-refractivity contribution is -0.137. The number of anilines is 2. The molecule has 2 aromatic rings. The Bertz CT molecular complexity index is 859. The van der Waals surface area contributed by atoms with E-state index in [4.69, 9.17) is 0 Å². The van der Waals surface area contributed by atoms with Crippen molar-refractivity contribution in [2.75, 3.05) is 18.5 Å². The molecule has 0 bridgehead atoms. The van der Waals surface area contributed by atoms with Crippen LogP contribution in [0.5, 0.6) is 0 Å². The number of hydrogen-bond acceptors (Lipinski definition) is 4. The van der Waals surface area contributed by atoms with Crippen molar-refractivity contribution < 1.29 is 22.4 Å². The molecule has 0 radical (unpaired) electrons. The molecule has 3 rings (SSSR count). The van der Waals surface area contributed by atoms with Crippen molar-refractivity contribution in [1.29, 1.82) is 0 Å². The third-order valence-electron chi connectivity index (χ3n) is 4.13. The van der Waals surface area contributed by atoms with Gasteiger partial charge in [-0.05, 0) is 34.5 Å². The highest BCUT2D eigenvalue weighted by atomic mass is 79.9. The zero-order valence-corrected chi connectivity index (χ0v) is 15.0. The Morgan fingerprint density at radius 3 is 2.73 bits per heavy atom. The zero-order chi connectivity index (χ0) is 19.1. The molecule has 138 valence electrons. The Kier molecular flexibility index (Phi) is 4.87. The first kappa shape index (κ1) is 18.6. The third-order valence-corrected chi connectivity index (χ3v) is 4.51. The molecule has 0 fully saturated rings. The number of nitrogens with one attached hydrogen (secondary N) is 1. The van der Waals surface area contributed by atoms with Crippen molar-refractivity contribution in [2.45, 2.75) is 19.1 Å². The van der Waals surface area contributed by atoms with E-state index in [0.29, 0.717) is 11.8 Å². The molecule has 1 aliphatic heterocycles. The SMILES string of the molecule is CC1c2cccc(Nc3nc(Br)ncc3C(F)(F)F)c2C(=O)N1CCF. The van der Waals surface area contributed by atoms with Gasteiger partial charge in [0.2, 0.25) is 0 Å². The van der Waals surface area contributed by atoms with E-state index in [0.717, 1.165) is 0 Å². The van der Waals surface area contributed by atoms with E-state index in [1.807, 2.05) is 0 Å². The third kappa shape index (κ3) is 3.25. The first-order chi connectivity index (χ1) is 12.2. The second-order valence-electron chi connectivity index (χ2n) is 5.66. The maximum atomic E-state index is 13.2. The molecule has 0 spiro atoms. The van der Waals surface area contributed by atoms with Gasteiger partial charge in [0.05, 0.1) is 17.3 Å². The minimum Gasteiger partial charge on any atom is -0.339 e. The van der Waals surface area contributed by atoms with Crippen LogP contribution in [0.15, 0.2) is 29.1 Å². The van der Waals surface area contributed by atoms with Crippen LogP contribution in [0.4, 0.5) is 29.1 Å². The highest BCUT2D eigenvalue weighted by Crippen LogP contribution is 2.40. The second-order valence-corrected chi connectivity index (χ2v) is 6.37. The Morgan fingerprint density at radius 1 is 1.35 bits per heavy atom. The summed E-state index contributed by atoms with van der Waals surface area (Å²) in [4.78, 5) is 21.2. The minimum absolute atomic E-state index is 0.0284. The first-order valence-electron chi connectivity index (χ1n) is 7.60. The van der Waals surface area contributed by atoms with Crippen molar-refractivity contribution in [3.63, 3.8) is 0 Å². The van der Waals surface area contributed by atoms with Gasteiger partial charge in [-0.15, -0.1) is 0 Å². The van der Waals surface area contributed by atoms with Crippen LogP contribution in [0, 0.1) is 0 Å². The number of alkyl halides is 4. The molecule has 0 saturated carbocycles. The second kappa shape index (κ2) is 6.82. The summed E-state index contributed by atoms with van der Waals surface area (Å²) in [5.74, 6) is -0.910. The van der Waals surface area contributed by atoms with Crippen LogP contribution in [0.2, 0.25) is 0 Å². The number of carbonyl (C=O) groups is 1. The number of carbonyl (C=O) groups excluding carboxylic acids is 1. The fourth-order valence-corrected chi connectivity index (χ4v) is 3.21. The Labute approximate surface area is 154 Å². The fraction of sp³-hybridized carbons (Fsp3) is 0.312. The molecule has 0 aliphatic carbocycles. The van der Waals surface area contributed by atoms with Gasteiger partial charge >= 0.3 is 6.18 Å². The van der Waals surface area contributed by atoms with Gasteiger partial charge in [0.15, 0.2) is 4.73 Å². The molecule has 0 saturated heterocycles. The Morgan fingerprint density at radius 2 is 2.08 bits per heavy atom. The standard InChI is InChI=1S/C16H13BrF4N4O/c1-8-9-3-2-4-11(12(9)14(26)25(8)6-5-18)23-13-10(16(19,20)21)7-22-15(17)24-13/h2-4,7-8H,5-6H2,1H3,(H,22,23,24). The maximum absolute atomic E-state index is 13.2. The summed E-state index contributed by atoms with van der Waals surface area (Å²) < 4.78 is 52.3. The quantitative estimate of drug-likeness (QED) is 0.571. The molecule has 1 aromatic heterocycles. The van der Waals surface area contributed by atoms with Gasteiger partial charge in [-0.3, -0.25) is 4.79 Å². The summed E-state index contributed by atoms with van der Waals surface area (Å²) in [6.45, 7) is 0.955. The predicted molar refractivity (Wildman–Crippen MR) is 89.9 cm³/mol. The predicted octanol–water partition coefficient (Wildman–Crippen LogP) is 4.49. The lowest BCUT2D eigenvalue weighted by atomic mass is 10.0. The van der Waals surface area contributed by atoms with Crippen molar-refractivity contribution in [2.24, 2.45) is 0 Å². The van der Waals surface area contributed by atoms with Crippen LogP contribution in [0.1, 0.15) is 34.5 Å². The van der Waals surface area contributed by atoms with Crippen LogP contribution >= 0.6 is 15.9 Å². The Hall–Kier alpha value is -2.23. The van der Waals surface area contributed by atoms with Crippen LogP contribution in [0.3, 0.4) is 0 Å². The van der Waals surface area contributed by atoms with Crippen LogP contribution in [-0.2, 0) is 6.18 Å². The van der Waals surface area contributed by atoms with Crippen molar-refractivity contribution >= 4 is 33.3 Å². The number of fused-ring (bicyclic) bond motifs is 1. The number of rotatable bonds is 4. The number of aromatic nitrogens is 2. The van der Waals surface area contributed by atoms with Gasteiger partial charge in [0.25, 0.3) is 5.91 Å². The zero-order valence-electron chi connectivity index (χ0n) is 13.4. The largest absolute Gasteiger partial charge is 0.421 e.